The second-order valence-electron chi connectivity index (χ2n) is 16.0. The molecule has 3 N–H and O–H groups in total. The molecule has 14 heteroatoms. The van der Waals surface area contributed by atoms with E-state index in [2.05, 4.69) is 59.5 Å². The molecule has 0 radical (unpaired) electrons. The lowest BCUT2D eigenvalue weighted by Crippen LogP contribution is -2.52. The summed E-state index contributed by atoms with van der Waals surface area (Å²) in [4.78, 5) is 71.9. The number of H-pyrrole nitrogens is 1. The number of imide groups is 1. The average Bonchev–Trinajstić information content (AvgIpc) is 3.97. The minimum absolute atomic E-state index is 0.137. The van der Waals surface area contributed by atoms with Gasteiger partial charge in [-0.3, -0.25) is 29.4 Å². The van der Waals surface area contributed by atoms with Gasteiger partial charge in [-0.15, -0.1) is 0 Å². The van der Waals surface area contributed by atoms with Gasteiger partial charge in [0.25, 0.3) is 11.8 Å². The monoisotopic (exact) mass is 789 g/mol. The fraction of sp³-hybridized carbons (Fsp3) is 0.500. The van der Waals surface area contributed by atoms with E-state index in [-0.39, 0.29) is 36.2 Å². The van der Waals surface area contributed by atoms with E-state index in [9.17, 15) is 19.2 Å². The first-order valence-corrected chi connectivity index (χ1v) is 21.1. The molecule has 4 amide bonds. The number of fused-ring (bicyclic) bond motifs is 2. The van der Waals surface area contributed by atoms with E-state index in [0.717, 1.165) is 99.4 Å². The Hall–Kier alpha value is -5.34. The van der Waals surface area contributed by atoms with Gasteiger partial charge in [0.2, 0.25) is 11.8 Å². The fourth-order valence-electron chi connectivity index (χ4n) is 9.23. The number of hydrogen-bond acceptors (Lipinski definition) is 10. The van der Waals surface area contributed by atoms with E-state index >= 15 is 0 Å². The summed E-state index contributed by atoms with van der Waals surface area (Å²) in [6.45, 7) is 9.67. The second-order valence-corrected chi connectivity index (χ2v) is 16.0. The Morgan fingerprint density at radius 2 is 1.67 bits per heavy atom. The number of amides is 4. The minimum Gasteiger partial charge on any atom is -0.378 e. The third-order valence-electron chi connectivity index (χ3n) is 12.5. The van der Waals surface area contributed by atoms with Gasteiger partial charge in [-0.1, -0.05) is 19.9 Å². The van der Waals surface area contributed by atoms with Gasteiger partial charge < -0.3 is 29.7 Å². The molecular formula is C44H55N9O5. The van der Waals surface area contributed by atoms with Crippen LogP contribution < -0.4 is 20.4 Å². The number of likely N-dealkylation sites (tertiary alicyclic amines) is 1. The van der Waals surface area contributed by atoms with Crippen molar-refractivity contribution in [3.63, 3.8) is 0 Å². The largest absolute Gasteiger partial charge is 0.378 e. The van der Waals surface area contributed by atoms with Crippen LogP contribution in [0, 0.1) is 5.92 Å². The van der Waals surface area contributed by atoms with Crippen LogP contribution >= 0.6 is 0 Å². The lowest BCUT2D eigenvalue weighted by atomic mass is 9.96. The molecule has 8 heterocycles. The van der Waals surface area contributed by atoms with Crippen LogP contribution in [0.1, 0.15) is 103 Å². The van der Waals surface area contributed by atoms with E-state index in [1.54, 1.807) is 17.3 Å². The van der Waals surface area contributed by atoms with E-state index < -0.39 is 6.04 Å². The lowest BCUT2D eigenvalue weighted by molar-refractivity contribution is -0.136. The zero-order valence-electron chi connectivity index (χ0n) is 33.8. The highest BCUT2D eigenvalue weighted by molar-refractivity contribution is 6.06. The normalized spacial score (nSPS) is 21.9. The molecule has 4 aromatic rings. The second kappa shape index (κ2) is 17.3. The highest BCUT2D eigenvalue weighted by Crippen LogP contribution is 2.36. The first-order valence-electron chi connectivity index (χ1n) is 21.1. The zero-order chi connectivity index (χ0) is 40.3. The number of anilines is 3. The molecule has 0 saturated carbocycles. The topological polar surface area (TPSA) is 156 Å². The van der Waals surface area contributed by atoms with E-state index in [4.69, 9.17) is 4.74 Å². The third kappa shape index (κ3) is 8.17. The molecule has 5 aliphatic rings. The van der Waals surface area contributed by atoms with Crippen molar-refractivity contribution in [3.8, 4) is 0 Å². The summed E-state index contributed by atoms with van der Waals surface area (Å²) in [7, 11) is 2.16. The van der Waals surface area contributed by atoms with Gasteiger partial charge in [0.1, 0.15) is 17.7 Å². The van der Waals surface area contributed by atoms with E-state index in [1.807, 2.05) is 44.2 Å². The molecule has 4 saturated heterocycles. The summed E-state index contributed by atoms with van der Waals surface area (Å²) >= 11 is 0. The smallest absolute Gasteiger partial charge is 0.258 e. The van der Waals surface area contributed by atoms with Crippen LogP contribution in [0.5, 0.6) is 0 Å². The summed E-state index contributed by atoms with van der Waals surface area (Å²) in [6, 6.07) is 13.4. The first-order chi connectivity index (χ1) is 28.3. The van der Waals surface area contributed by atoms with E-state index in [0.29, 0.717) is 41.9 Å². The van der Waals surface area contributed by atoms with Crippen LogP contribution in [0.3, 0.4) is 0 Å². The SMILES string of the molecule is CC.CN1CCCC1c1cc2cnc(NC(=O)c3ccc(N4CCC(OCC5CCN(c6cccc7c6CN(C6CCC(=O)NC6=O)C7=O)CC5)CC4)nc3)cc2[nH]1. The van der Waals surface area contributed by atoms with Crippen molar-refractivity contribution >= 4 is 51.9 Å². The molecule has 58 heavy (non-hydrogen) atoms. The average molecular weight is 790 g/mol. The number of aromatic amines is 1. The van der Waals surface area contributed by atoms with Gasteiger partial charge in [-0.25, -0.2) is 9.97 Å². The number of ether oxygens (including phenoxy) is 1. The number of piperidine rings is 3. The first kappa shape index (κ1) is 39.5. The highest BCUT2D eigenvalue weighted by Gasteiger charge is 2.40. The number of hydrogen-bond donors (Lipinski definition) is 3. The van der Waals surface area contributed by atoms with Crippen molar-refractivity contribution < 1.29 is 23.9 Å². The summed E-state index contributed by atoms with van der Waals surface area (Å²) in [5, 5.41) is 6.36. The Bertz CT molecular complexity index is 2140. The molecule has 1 aromatic carbocycles. The molecule has 4 fully saturated rings. The number of benzene rings is 1. The molecule has 0 aliphatic carbocycles. The number of nitrogens with one attached hydrogen (secondary N) is 3. The van der Waals surface area contributed by atoms with Crippen molar-refractivity contribution in [2.75, 3.05) is 61.5 Å². The van der Waals surface area contributed by atoms with Crippen LogP contribution in [0.2, 0.25) is 0 Å². The van der Waals surface area contributed by atoms with Crippen LogP contribution in [-0.2, 0) is 20.9 Å². The van der Waals surface area contributed by atoms with Gasteiger partial charge in [0, 0.05) is 98.1 Å². The molecule has 0 spiro atoms. The van der Waals surface area contributed by atoms with Crippen LogP contribution in [0.4, 0.5) is 17.3 Å². The Kier molecular flexibility index (Phi) is 11.7. The maximum atomic E-state index is 13.3. The number of rotatable bonds is 9. The molecule has 2 atom stereocenters. The number of carbonyl (C=O) groups is 4. The van der Waals surface area contributed by atoms with E-state index in [1.165, 1.54) is 12.1 Å². The molecule has 2 unspecified atom stereocenters. The standard InChI is InChI=1S/C42H49N9O5.C2H6/c1-48-15-3-6-35(48)33-20-28-23-43-37(21-32(28)45-33)46-40(53)27-7-9-38(44-22-27)50-18-13-29(14-19-50)56-25-26-11-16-49(17-12-26)34-5-2-4-30-31(34)24-51(42(30)55)36-8-10-39(52)47-41(36)54;1-2/h2,4-5,7,9,20-23,26,29,35-36,45H,3,6,8,10-19,24-25H2,1H3,(H,43,46,53)(H,47,52,54);1-2H3. The van der Waals surface area contributed by atoms with Gasteiger partial charge in [0.15, 0.2) is 0 Å². The van der Waals surface area contributed by atoms with Crippen LogP contribution in [-0.4, -0.2) is 107 Å². The number of pyridine rings is 2. The van der Waals surface area contributed by atoms with Crippen molar-refractivity contribution in [2.45, 2.75) is 89.9 Å². The quantitative estimate of drug-likeness (QED) is 0.181. The Labute approximate surface area is 339 Å². The molecule has 14 nitrogen and oxygen atoms in total. The summed E-state index contributed by atoms with van der Waals surface area (Å²) in [5.41, 5.74) is 5.32. The lowest BCUT2D eigenvalue weighted by Gasteiger charge is -2.36. The molecule has 9 rings (SSSR count). The van der Waals surface area contributed by atoms with Crippen molar-refractivity contribution in [3.05, 3.63) is 77.2 Å². The Balaban J connectivity index is 0.00000231. The van der Waals surface area contributed by atoms with Crippen LogP contribution in [0.15, 0.2) is 54.9 Å². The fourth-order valence-corrected chi connectivity index (χ4v) is 9.23. The minimum atomic E-state index is -0.612. The predicted molar refractivity (Wildman–Crippen MR) is 223 cm³/mol. The third-order valence-corrected chi connectivity index (χ3v) is 12.5. The summed E-state index contributed by atoms with van der Waals surface area (Å²) < 4.78 is 6.46. The summed E-state index contributed by atoms with van der Waals surface area (Å²) in [5.74, 6) is 0.791. The molecule has 306 valence electrons. The maximum absolute atomic E-state index is 13.3. The van der Waals surface area contributed by atoms with Crippen molar-refractivity contribution in [1.82, 2.24) is 30.1 Å². The molecular weight excluding hydrogens is 735 g/mol. The van der Waals surface area contributed by atoms with Crippen molar-refractivity contribution in [2.24, 2.45) is 5.92 Å². The van der Waals surface area contributed by atoms with Gasteiger partial charge in [0.05, 0.1) is 17.2 Å². The zero-order valence-corrected chi connectivity index (χ0v) is 33.8. The van der Waals surface area contributed by atoms with Crippen LogP contribution in [0.25, 0.3) is 10.9 Å². The number of aromatic nitrogens is 3. The van der Waals surface area contributed by atoms with Crippen molar-refractivity contribution in [1.29, 1.82) is 0 Å². The van der Waals surface area contributed by atoms with Gasteiger partial charge >= 0.3 is 0 Å². The predicted octanol–water partition coefficient (Wildman–Crippen LogP) is 5.67. The van der Waals surface area contributed by atoms with Gasteiger partial charge in [-0.2, -0.15) is 0 Å². The Morgan fingerprint density at radius 3 is 2.40 bits per heavy atom. The molecule has 5 aliphatic heterocycles. The number of nitrogens with zero attached hydrogens (tertiary/aromatic N) is 6. The highest BCUT2D eigenvalue weighted by atomic mass is 16.5. The summed E-state index contributed by atoms with van der Waals surface area (Å²) in [6.07, 6.45) is 10.4. The number of carbonyl (C=O) groups excluding carboxylic acids is 4. The maximum Gasteiger partial charge on any atom is 0.258 e. The molecule has 0 bridgehead atoms. The van der Waals surface area contributed by atoms with Gasteiger partial charge in [-0.05, 0) is 94.8 Å². The molecule has 3 aromatic heterocycles. The Morgan fingerprint density at radius 1 is 0.879 bits per heavy atom.